The second-order valence-corrected chi connectivity index (χ2v) is 20.2. The summed E-state index contributed by atoms with van der Waals surface area (Å²) in [6, 6.07) is 18.6. The minimum Gasteiger partial charge on any atom is -0.391 e. The average Bonchev–Trinajstić information content (AvgIpc) is 3.27. The summed E-state index contributed by atoms with van der Waals surface area (Å²) in [5, 5.41) is 0. The number of fused-ring (bicyclic) bond motifs is 1. The van der Waals surface area contributed by atoms with Crippen molar-refractivity contribution in [3.63, 3.8) is 0 Å². The van der Waals surface area contributed by atoms with Crippen molar-refractivity contribution < 1.29 is 14.3 Å². The lowest BCUT2D eigenvalue weighted by molar-refractivity contribution is -0.115. The van der Waals surface area contributed by atoms with Gasteiger partial charge in [-0.15, -0.1) is 0 Å². The van der Waals surface area contributed by atoms with Crippen LogP contribution in [-0.2, 0) is 4.79 Å². The number of anilines is 3. The van der Waals surface area contributed by atoms with Crippen molar-refractivity contribution in [3.8, 4) is 17.4 Å². The highest BCUT2D eigenvalue weighted by Gasteiger charge is 2.38. The van der Waals surface area contributed by atoms with E-state index < -0.39 is 22.6 Å². The Balaban J connectivity index is 1.94. The van der Waals surface area contributed by atoms with Crippen LogP contribution in [0.1, 0.15) is 6.92 Å². The predicted octanol–water partition coefficient (Wildman–Crippen LogP) is 5.99. The van der Waals surface area contributed by atoms with Gasteiger partial charge in [-0.05, 0) is 24.3 Å². The minimum absolute atomic E-state index is 0.120. The fourth-order valence-corrected chi connectivity index (χ4v) is 7.54. The first-order chi connectivity index (χ1) is 17.4. The number of rotatable bonds is 6. The highest BCUT2D eigenvalue weighted by atomic mass is 28.3. The van der Waals surface area contributed by atoms with Crippen LogP contribution in [0.15, 0.2) is 67.0 Å². The molecule has 4 rings (SSSR count). The summed E-state index contributed by atoms with van der Waals surface area (Å²) in [7, 11) is -4.58. The Kier molecular flexibility index (Phi) is 7.02. The number of para-hydroxylation sites is 2. The van der Waals surface area contributed by atoms with Crippen molar-refractivity contribution in [2.75, 3.05) is 9.47 Å². The Bertz CT molecular complexity index is 1340. The van der Waals surface area contributed by atoms with Crippen molar-refractivity contribution in [1.29, 1.82) is 0 Å². The SMILES string of the molecule is CC(=O)N(c1nc2ncnc-2c(OC(=O)N(c2ccccc2)c2ccccc2)n1[Si](C)(C)C)[Si](C)(C)C. The van der Waals surface area contributed by atoms with Crippen LogP contribution in [0.25, 0.3) is 11.5 Å². The molecule has 11 heteroatoms. The first-order valence-corrected chi connectivity index (χ1v) is 19.0. The zero-order valence-corrected chi connectivity index (χ0v) is 24.3. The van der Waals surface area contributed by atoms with Gasteiger partial charge in [0.25, 0.3) is 0 Å². The summed E-state index contributed by atoms with van der Waals surface area (Å²) in [5.74, 6) is 0.878. The van der Waals surface area contributed by atoms with E-state index in [1.54, 1.807) is 4.57 Å². The Morgan fingerprint density at radius 2 is 1.38 bits per heavy atom. The topological polar surface area (TPSA) is 93.4 Å². The first kappa shape index (κ1) is 26.2. The van der Waals surface area contributed by atoms with Crippen LogP contribution < -0.4 is 14.2 Å². The number of hydrogen-bond acceptors (Lipinski definition) is 6. The van der Waals surface area contributed by atoms with E-state index in [4.69, 9.17) is 9.72 Å². The molecule has 0 saturated carbocycles. The number of aromatic nitrogens is 4. The van der Waals surface area contributed by atoms with Crippen molar-refractivity contribution >= 4 is 45.8 Å². The molecule has 0 aliphatic carbocycles. The number of nitrogens with zero attached hydrogens (tertiary/aromatic N) is 6. The lowest BCUT2D eigenvalue weighted by Crippen LogP contribution is -2.53. The van der Waals surface area contributed by atoms with Gasteiger partial charge in [-0.3, -0.25) is 4.79 Å². The first-order valence-electron chi connectivity index (χ1n) is 12.1. The van der Waals surface area contributed by atoms with E-state index in [1.165, 1.54) is 18.2 Å². The van der Waals surface area contributed by atoms with Gasteiger partial charge in [0.15, 0.2) is 28.0 Å². The van der Waals surface area contributed by atoms with Crippen LogP contribution in [0.5, 0.6) is 5.88 Å². The third kappa shape index (κ3) is 5.32. The highest BCUT2D eigenvalue weighted by Crippen LogP contribution is 2.37. The molecule has 2 amide bonds. The molecule has 0 N–H and O–H groups in total. The highest BCUT2D eigenvalue weighted by molar-refractivity contribution is 6.83. The van der Waals surface area contributed by atoms with E-state index >= 15 is 0 Å². The number of ether oxygens (including phenoxy) is 1. The smallest absolute Gasteiger partial charge is 0.391 e. The maximum Gasteiger partial charge on any atom is 0.425 e. The summed E-state index contributed by atoms with van der Waals surface area (Å²) in [4.78, 5) is 41.9. The molecule has 2 aromatic carbocycles. The van der Waals surface area contributed by atoms with Gasteiger partial charge in [-0.2, -0.15) is 4.98 Å². The molecule has 9 nitrogen and oxygen atoms in total. The number of benzene rings is 2. The van der Waals surface area contributed by atoms with Gasteiger partial charge >= 0.3 is 6.09 Å². The van der Waals surface area contributed by atoms with Crippen LogP contribution in [-0.4, -0.2) is 47.7 Å². The third-order valence-electron chi connectivity index (χ3n) is 5.64. The van der Waals surface area contributed by atoms with Crippen LogP contribution >= 0.6 is 0 Å². The lowest BCUT2D eigenvalue weighted by atomic mass is 10.2. The van der Waals surface area contributed by atoms with Gasteiger partial charge in [-0.25, -0.2) is 19.7 Å². The van der Waals surface area contributed by atoms with Gasteiger partial charge in [-0.1, -0.05) is 75.7 Å². The number of carbonyl (C=O) groups is 2. The van der Waals surface area contributed by atoms with Crippen LogP contribution in [0.2, 0.25) is 39.3 Å². The number of carbonyl (C=O) groups excluding carboxylic acids is 2. The molecule has 0 fully saturated rings. The maximum absolute atomic E-state index is 13.9. The average molecular weight is 533 g/mol. The van der Waals surface area contributed by atoms with Crippen LogP contribution in [0.4, 0.5) is 22.1 Å². The van der Waals surface area contributed by atoms with Crippen LogP contribution in [0.3, 0.4) is 0 Å². The Hall–Kier alpha value is -3.84. The van der Waals surface area contributed by atoms with Gasteiger partial charge in [0.2, 0.25) is 17.7 Å². The third-order valence-corrected chi connectivity index (χ3v) is 9.24. The molecular weight excluding hydrogens is 500 g/mol. The summed E-state index contributed by atoms with van der Waals surface area (Å²) in [5.41, 5.74) is 1.69. The Morgan fingerprint density at radius 1 is 0.838 bits per heavy atom. The van der Waals surface area contributed by atoms with Gasteiger partial charge < -0.3 is 13.5 Å². The zero-order valence-electron chi connectivity index (χ0n) is 22.3. The van der Waals surface area contributed by atoms with E-state index in [-0.39, 0.29) is 11.8 Å². The normalized spacial score (nSPS) is 11.9. The van der Waals surface area contributed by atoms with E-state index in [2.05, 4.69) is 49.3 Å². The second kappa shape index (κ2) is 9.90. The maximum atomic E-state index is 13.9. The molecule has 0 atom stereocenters. The molecule has 0 bridgehead atoms. The van der Waals surface area contributed by atoms with E-state index in [0.29, 0.717) is 28.8 Å². The predicted molar refractivity (Wildman–Crippen MR) is 151 cm³/mol. The molecule has 2 aromatic rings. The fraction of sp³-hybridized carbons (Fsp3) is 0.269. The molecular formula is C26H32N6O3Si2. The summed E-state index contributed by atoms with van der Waals surface area (Å²) < 4.78 is 9.88. The molecule has 2 heterocycles. The van der Waals surface area contributed by atoms with Crippen molar-refractivity contribution in [1.82, 2.24) is 19.2 Å². The molecule has 192 valence electrons. The van der Waals surface area contributed by atoms with Crippen molar-refractivity contribution in [2.24, 2.45) is 0 Å². The second-order valence-electron chi connectivity index (χ2n) is 10.7. The Labute approximate surface area is 219 Å². The quantitative estimate of drug-likeness (QED) is 0.283. The monoisotopic (exact) mass is 532 g/mol. The van der Waals surface area contributed by atoms with E-state index in [1.807, 2.05) is 64.9 Å². The molecule has 0 saturated heterocycles. The zero-order chi connectivity index (χ0) is 27.0. The molecule has 0 aromatic heterocycles. The van der Waals surface area contributed by atoms with E-state index in [0.717, 1.165) is 0 Å². The summed E-state index contributed by atoms with van der Waals surface area (Å²) >= 11 is 0. The number of imidazole rings is 1. The molecule has 2 aliphatic heterocycles. The van der Waals surface area contributed by atoms with Gasteiger partial charge in [0.05, 0.1) is 11.4 Å². The van der Waals surface area contributed by atoms with Crippen LogP contribution in [0, 0.1) is 0 Å². The van der Waals surface area contributed by atoms with E-state index in [9.17, 15) is 9.59 Å². The van der Waals surface area contributed by atoms with Crippen molar-refractivity contribution in [3.05, 3.63) is 67.0 Å². The molecule has 37 heavy (non-hydrogen) atoms. The molecule has 2 aliphatic rings. The molecule has 0 spiro atoms. The fourth-order valence-electron chi connectivity index (χ4n) is 4.24. The van der Waals surface area contributed by atoms with Gasteiger partial charge in [0.1, 0.15) is 6.33 Å². The Morgan fingerprint density at radius 3 is 1.84 bits per heavy atom. The largest absolute Gasteiger partial charge is 0.425 e. The summed E-state index contributed by atoms with van der Waals surface area (Å²) in [6.45, 7) is 14.1. The standard InChI is InChI=1S/C26H32N6O3Si2/c1-19(33)31(36(2,3)4)25-29-23-22(27-18-28-23)24(32(25)37(5,6)7)35-26(34)30(20-14-10-8-11-15-20)21-16-12-9-13-17-21/h8-18H,1-7H3. The van der Waals surface area contributed by atoms with Gasteiger partial charge in [0, 0.05) is 6.92 Å². The number of amides is 2. The number of hydrogen-bond donors (Lipinski definition) is 0. The molecule has 0 unspecified atom stereocenters. The summed E-state index contributed by atoms with van der Waals surface area (Å²) in [6.07, 6.45) is 0.791. The van der Waals surface area contributed by atoms with Crippen molar-refractivity contribution in [2.45, 2.75) is 46.2 Å². The molecule has 0 radical (unpaired) electrons. The lowest BCUT2D eigenvalue weighted by Gasteiger charge is -2.38. The minimum atomic E-state index is -2.34.